The van der Waals surface area contributed by atoms with Crippen LogP contribution in [-0.2, 0) is 6.18 Å². The van der Waals surface area contributed by atoms with E-state index in [1.165, 1.54) is 31.2 Å². The number of hydrogen-bond acceptors (Lipinski definition) is 3. The number of alkyl halides is 3. The molecular formula is C18H11F5N2O2. The molecule has 2 aromatic carbocycles. The summed E-state index contributed by atoms with van der Waals surface area (Å²) in [5.41, 5.74) is -0.194. The monoisotopic (exact) mass is 382 g/mol. The Kier molecular flexibility index (Phi) is 4.69. The third-order valence-corrected chi connectivity index (χ3v) is 3.63. The van der Waals surface area contributed by atoms with Gasteiger partial charge in [-0.3, -0.25) is 4.79 Å². The van der Waals surface area contributed by atoms with Crippen molar-refractivity contribution in [2.45, 2.75) is 13.1 Å². The summed E-state index contributed by atoms with van der Waals surface area (Å²) in [5, 5.41) is 2.32. The molecule has 0 aliphatic rings. The van der Waals surface area contributed by atoms with Crippen molar-refractivity contribution < 1.29 is 31.2 Å². The van der Waals surface area contributed by atoms with Crippen LogP contribution in [0, 0.1) is 18.6 Å². The summed E-state index contributed by atoms with van der Waals surface area (Å²) >= 11 is 0. The fourth-order valence-corrected chi connectivity index (χ4v) is 2.40. The van der Waals surface area contributed by atoms with E-state index in [1.807, 2.05) is 0 Å². The number of aryl methyl sites for hydroxylation is 1. The largest absolute Gasteiger partial charge is 0.468 e. The Bertz CT molecular complexity index is 974. The van der Waals surface area contributed by atoms with Crippen LogP contribution in [0.4, 0.5) is 27.6 Å². The highest BCUT2D eigenvalue weighted by Gasteiger charge is 2.38. The molecule has 1 N–H and O–H groups in total. The predicted octanol–water partition coefficient (Wildman–Crippen LogP) is 5.20. The van der Waals surface area contributed by atoms with Gasteiger partial charge in [0.25, 0.3) is 5.91 Å². The molecule has 0 bridgehead atoms. The van der Waals surface area contributed by atoms with Gasteiger partial charge in [0, 0.05) is 11.3 Å². The number of halogens is 5. The van der Waals surface area contributed by atoms with Crippen LogP contribution in [0.3, 0.4) is 0 Å². The second-order valence-electron chi connectivity index (χ2n) is 5.56. The highest BCUT2D eigenvalue weighted by atomic mass is 19.4. The highest BCUT2D eigenvalue weighted by molar-refractivity contribution is 6.04. The molecule has 27 heavy (non-hydrogen) atoms. The summed E-state index contributed by atoms with van der Waals surface area (Å²) in [6, 6.07) is 8.54. The van der Waals surface area contributed by atoms with E-state index in [0.29, 0.717) is 5.56 Å². The minimum Gasteiger partial charge on any atom is -0.433 e. The lowest BCUT2D eigenvalue weighted by molar-refractivity contribution is -0.156. The van der Waals surface area contributed by atoms with E-state index < -0.39 is 35.2 Å². The van der Waals surface area contributed by atoms with E-state index in [0.717, 1.165) is 18.2 Å². The van der Waals surface area contributed by atoms with Gasteiger partial charge in [-0.2, -0.15) is 13.2 Å². The molecular weight excluding hydrogens is 371 g/mol. The minimum atomic E-state index is -4.71. The number of carbonyl (C=O) groups is 1. The molecule has 0 spiro atoms. The zero-order valence-electron chi connectivity index (χ0n) is 13.7. The summed E-state index contributed by atoms with van der Waals surface area (Å²) in [6.45, 7) is 1.37. The minimum absolute atomic E-state index is 0.0486. The van der Waals surface area contributed by atoms with Crippen molar-refractivity contribution >= 4 is 11.6 Å². The highest BCUT2D eigenvalue weighted by Crippen LogP contribution is 2.34. The average Bonchev–Trinajstić information content (AvgIpc) is 2.97. The average molecular weight is 382 g/mol. The number of oxazole rings is 1. The molecule has 0 aliphatic carbocycles. The number of nitrogens with one attached hydrogen (secondary N) is 1. The van der Waals surface area contributed by atoms with E-state index in [2.05, 4.69) is 10.3 Å². The van der Waals surface area contributed by atoms with Crippen molar-refractivity contribution in [1.82, 2.24) is 4.98 Å². The van der Waals surface area contributed by atoms with E-state index in [9.17, 15) is 26.7 Å². The molecule has 4 nitrogen and oxygen atoms in total. The Morgan fingerprint density at radius 1 is 1.04 bits per heavy atom. The van der Waals surface area contributed by atoms with Gasteiger partial charge in [-0.05, 0) is 43.3 Å². The Morgan fingerprint density at radius 3 is 2.15 bits per heavy atom. The number of benzene rings is 2. The third-order valence-electron chi connectivity index (χ3n) is 3.63. The van der Waals surface area contributed by atoms with Gasteiger partial charge in [0.05, 0.1) is 5.69 Å². The van der Waals surface area contributed by atoms with Crippen LogP contribution in [0.5, 0.6) is 0 Å². The zero-order valence-corrected chi connectivity index (χ0v) is 13.7. The molecule has 0 saturated carbocycles. The second-order valence-corrected chi connectivity index (χ2v) is 5.56. The molecule has 3 aromatic rings. The number of amides is 1. The Hall–Kier alpha value is -3.23. The van der Waals surface area contributed by atoms with Crippen molar-refractivity contribution in [3.63, 3.8) is 0 Å². The van der Waals surface area contributed by atoms with Crippen molar-refractivity contribution in [2.24, 2.45) is 0 Å². The van der Waals surface area contributed by atoms with Gasteiger partial charge < -0.3 is 9.73 Å². The number of carbonyl (C=O) groups excluding carboxylic acids is 1. The standard InChI is InChI=1S/C18H11F5N2O2/c1-9-15(27-17(24-9)18(21,22)23)10-5-7-11(8-6-10)25-16(26)14-12(19)3-2-4-13(14)20/h2-8H,1H3,(H,25,26). The maximum atomic E-state index is 13.6. The number of anilines is 1. The summed E-state index contributed by atoms with van der Waals surface area (Å²) < 4.78 is 70.0. The van der Waals surface area contributed by atoms with Crippen molar-refractivity contribution in [3.05, 3.63) is 71.2 Å². The lowest BCUT2D eigenvalue weighted by atomic mass is 10.1. The zero-order chi connectivity index (χ0) is 19.8. The molecule has 1 amide bonds. The molecule has 1 aromatic heterocycles. The maximum absolute atomic E-state index is 13.6. The smallest absolute Gasteiger partial charge is 0.433 e. The molecule has 0 aliphatic heterocycles. The summed E-state index contributed by atoms with van der Waals surface area (Å²) in [6.07, 6.45) is -4.71. The van der Waals surface area contributed by atoms with E-state index >= 15 is 0 Å². The van der Waals surface area contributed by atoms with Crippen LogP contribution >= 0.6 is 0 Å². The van der Waals surface area contributed by atoms with Crippen LogP contribution in [0.15, 0.2) is 46.9 Å². The second kappa shape index (κ2) is 6.82. The van der Waals surface area contributed by atoms with Crippen LogP contribution in [0.25, 0.3) is 11.3 Å². The Labute approximate surface area is 149 Å². The van der Waals surface area contributed by atoms with E-state index in [-0.39, 0.29) is 17.1 Å². The first kappa shape index (κ1) is 18.6. The van der Waals surface area contributed by atoms with Crippen LogP contribution < -0.4 is 5.32 Å². The number of rotatable bonds is 3. The summed E-state index contributed by atoms with van der Waals surface area (Å²) in [5.74, 6) is -4.45. The Balaban J connectivity index is 1.82. The first-order valence-electron chi connectivity index (χ1n) is 7.57. The van der Waals surface area contributed by atoms with E-state index in [4.69, 9.17) is 4.42 Å². The van der Waals surface area contributed by atoms with Crippen molar-refractivity contribution in [3.8, 4) is 11.3 Å². The maximum Gasteiger partial charge on any atom is 0.468 e. The SMILES string of the molecule is Cc1nc(C(F)(F)F)oc1-c1ccc(NC(=O)c2c(F)cccc2F)cc1. The quantitative estimate of drug-likeness (QED) is 0.634. The molecule has 0 saturated heterocycles. The molecule has 1 heterocycles. The lowest BCUT2D eigenvalue weighted by Crippen LogP contribution is -2.15. The molecule has 0 fully saturated rings. The Morgan fingerprint density at radius 2 is 1.63 bits per heavy atom. The first-order chi connectivity index (χ1) is 12.7. The summed E-state index contributed by atoms with van der Waals surface area (Å²) in [7, 11) is 0. The fraction of sp³-hybridized carbons (Fsp3) is 0.111. The van der Waals surface area contributed by atoms with Crippen LogP contribution in [-0.4, -0.2) is 10.9 Å². The lowest BCUT2D eigenvalue weighted by Gasteiger charge is -2.08. The van der Waals surface area contributed by atoms with Gasteiger partial charge in [-0.15, -0.1) is 0 Å². The van der Waals surface area contributed by atoms with Gasteiger partial charge in [0.1, 0.15) is 17.2 Å². The van der Waals surface area contributed by atoms with Gasteiger partial charge in [0.2, 0.25) is 0 Å². The third kappa shape index (κ3) is 3.81. The number of aromatic nitrogens is 1. The van der Waals surface area contributed by atoms with Gasteiger partial charge in [-0.1, -0.05) is 6.07 Å². The van der Waals surface area contributed by atoms with Gasteiger partial charge in [-0.25, -0.2) is 13.8 Å². The van der Waals surface area contributed by atoms with Gasteiger partial charge >= 0.3 is 12.1 Å². The van der Waals surface area contributed by atoms with Crippen molar-refractivity contribution in [2.75, 3.05) is 5.32 Å². The number of nitrogens with zero attached hydrogens (tertiary/aromatic N) is 1. The molecule has 3 rings (SSSR count). The molecule has 0 unspecified atom stereocenters. The van der Waals surface area contributed by atoms with Crippen LogP contribution in [0.2, 0.25) is 0 Å². The van der Waals surface area contributed by atoms with Crippen LogP contribution in [0.1, 0.15) is 21.9 Å². The molecule has 0 radical (unpaired) electrons. The molecule has 0 atom stereocenters. The van der Waals surface area contributed by atoms with Crippen molar-refractivity contribution in [1.29, 1.82) is 0 Å². The topological polar surface area (TPSA) is 55.1 Å². The number of hydrogen-bond donors (Lipinski definition) is 1. The molecule has 9 heteroatoms. The molecule has 140 valence electrons. The normalized spacial score (nSPS) is 11.5. The summed E-state index contributed by atoms with van der Waals surface area (Å²) in [4.78, 5) is 15.4. The predicted molar refractivity (Wildman–Crippen MR) is 86.0 cm³/mol. The first-order valence-corrected chi connectivity index (χ1v) is 7.57. The fourth-order valence-electron chi connectivity index (χ4n) is 2.40. The van der Waals surface area contributed by atoms with Gasteiger partial charge in [0.15, 0.2) is 5.76 Å². The van der Waals surface area contributed by atoms with E-state index in [1.54, 1.807) is 0 Å².